The van der Waals surface area contributed by atoms with Crippen LogP contribution in [0.25, 0.3) is 0 Å². The van der Waals surface area contributed by atoms with Crippen molar-refractivity contribution >= 4 is 0 Å². The number of H-pyrrole nitrogens is 1. The van der Waals surface area contributed by atoms with E-state index in [2.05, 4.69) is 29.5 Å². The molecule has 2 nitrogen and oxygen atoms in total. The van der Waals surface area contributed by atoms with E-state index in [9.17, 15) is 0 Å². The molecule has 0 saturated carbocycles. The van der Waals surface area contributed by atoms with Gasteiger partial charge in [-0.05, 0) is 37.9 Å². The lowest BCUT2D eigenvalue weighted by Crippen LogP contribution is -2.26. The molecule has 1 aliphatic heterocycles. The molecule has 0 aromatic carbocycles. The third-order valence-corrected chi connectivity index (χ3v) is 2.54. The second-order valence-corrected chi connectivity index (χ2v) is 3.63. The zero-order chi connectivity index (χ0) is 8.39. The Kier molecular flexibility index (Phi) is 2.17. The summed E-state index contributed by atoms with van der Waals surface area (Å²) in [7, 11) is 0. The summed E-state index contributed by atoms with van der Waals surface area (Å²) in [5.74, 6) is 0. The molecule has 1 aromatic heterocycles. The molecule has 0 bridgehead atoms. The Bertz CT molecular complexity index is 246. The van der Waals surface area contributed by atoms with Crippen LogP contribution in [0.2, 0.25) is 0 Å². The molecule has 0 radical (unpaired) electrons. The Morgan fingerprint density at radius 2 is 2.33 bits per heavy atom. The van der Waals surface area contributed by atoms with Gasteiger partial charge in [0.05, 0.1) is 0 Å². The molecule has 2 heterocycles. The normalized spacial score (nSPS) is 24.2. The number of aromatic amines is 1. The molecule has 2 rings (SSSR count). The van der Waals surface area contributed by atoms with Crippen LogP contribution in [0, 0.1) is 6.92 Å². The van der Waals surface area contributed by atoms with E-state index in [4.69, 9.17) is 0 Å². The quantitative estimate of drug-likeness (QED) is 0.654. The predicted octanol–water partition coefficient (Wildman–Crippen LogP) is 2.14. The van der Waals surface area contributed by atoms with E-state index < -0.39 is 0 Å². The van der Waals surface area contributed by atoms with Crippen LogP contribution in [-0.2, 0) is 0 Å². The number of aryl methyl sites for hydroxylation is 1. The van der Waals surface area contributed by atoms with Gasteiger partial charge in [-0.2, -0.15) is 0 Å². The number of nitrogens with one attached hydrogen (secondary N) is 2. The molecule has 0 unspecified atom stereocenters. The largest absolute Gasteiger partial charge is 0.363 e. The summed E-state index contributed by atoms with van der Waals surface area (Å²) >= 11 is 0. The van der Waals surface area contributed by atoms with E-state index in [1.165, 1.54) is 37.1 Å². The highest BCUT2D eigenvalue weighted by Crippen LogP contribution is 2.21. The first-order valence-electron chi connectivity index (χ1n) is 4.74. The molecule has 66 valence electrons. The summed E-state index contributed by atoms with van der Waals surface area (Å²) in [5, 5.41) is 3.52. The highest BCUT2D eigenvalue weighted by Gasteiger charge is 2.14. The fraction of sp³-hybridized carbons (Fsp3) is 0.600. The lowest BCUT2D eigenvalue weighted by molar-refractivity contribution is 0.406. The maximum Gasteiger partial charge on any atom is 0.0472 e. The monoisotopic (exact) mass is 164 g/mol. The van der Waals surface area contributed by atoms with E-state index in [1.54, 1.807) is 0 Å². The zero-order valence-corrected chi connectivity index (χ0v) is 7.56. The molecule has 1 aliphatic rings. The van der Waals surface area contributed by atoms with Crippen LogP contribution in [0.4, 0.5) is 0 Å². The van der Waals surface area contributed by atoms with Crippen molar-refractivity contribution in [2.24, 2.45) is 0 Å². The summed E-state index contributed by atoms with van der Waals surface area (Å²) in [6.45, 7) is 3.30. The van der Waals surface area contributed by atoms with Gasteiger partial charge in [-0.3, -0.25) is 0 Å². The molecule has 0 aliphatic carbocycles. The summed E-state index contributed by atoms with van der Waals surface area (Å²) in [4.78, 5) is 3.31. The Balaban J connectivity index is 2.08. The van der Waals surface area contributed by atoms with Gasteiger partial charge in [0.15, 0.2) is 0 Å². The summed E-state index contributed by atoms with van der Waals surface area (Å²) in [6.07, 6.45) is 6.04. The fourth-order valence-corrected chi connectivity index (χ4v) is 1.84. The van der Waals surface area contributed by atoms with E-state index in [-0.39, 0.29) is 0 Å². The minimum atomic E-state index is 0.576. The van der Waals surface area contributed by atoms with E-state index in [0.717, 1.165) is 0 Å². The van der Waals surface area contributed by atoms with Gasteiger partial charge >= 0.3 is 0 Å². The van der Waals surface area contributed by atoms with Crippen LogP contribution in [0.15, 0.2) is 12.3 Å². The molecule has 0 spiro atoms. The van der Waals surface area contributed by atoms with Gasteiger partial charge in [-0.15, -0.1) is 0 Å². The first-order chi connectivity index (χ1) is 5.86. The van der Waals surface area contributed by atoms with Crippen LogP contribution in [0.5, 0.6) is 0 Å². The van der Waals surface area contributed by atoms with Gasteiger partial charge in [0.1, 0.15) is 0 Å². The Morgan fingerprint density at radius 1 is 1.42 bits per heavy atom. The first kappa shape index (κ1) is 7.87. The number of rotatable bonds is 1. The number of hydrogen-bond donors (Lipinski definition) is 2. The van der Waals surface area contributed by atoms with Crippen molar-refractivity contribution in [1.29, 1.82) is 0 Å². The Labute approximate surface area is 73.4 Å². The van der Waals surface area contributed by atoms with Crippen LogP contribution >= 0.6 is 0 Å². The molecule has 2 N–H and O–H groups in total. The summed E-state index contributed by atoms with van der Waals surface area (Å²) in [5.41, 5.74) is 2.68. The fourth-order valence-electron chi connectivity index (χ4n) is 1.84. The van der Waals surface area contributed by atoms with Crippen molar-refractivity contribution in [2.75, 3.05) is 6.54 Å². The molecule has 1 aromatic rings. The van der Waals surface area contributed by atoms with E-state index in [1.807, 2.05) is 0 Å². The highest BCUT2D eigenvalue weighted by molar-refractivity contribution is 5.18. The predicted molar refractivity (Wildman–Crippen MR) is 50.1 cm³/mol. The van der Waals surface area contributed by atoms with Gasteiger partial charge in [-0.25, -0.2) is 0 Å². The topological polar surface area (TPSA) is 27.8 Å². The second-order valence-electron chi connectivity index (χ2n) is 3.63. The molecule has 1 fully saturated rings. The summed E-state index contributed by atoms with van der Waals surface area (Å²) in [6, 6.07) is 2.82. The van der Waals surface area contributed by atoms with Gasteiger partial charge in [-0.1, -0.05) is 6.42 Å². The third kappa shape index (κ3) is 1.53. The van der Waals surface area contributed by atoms with Gasteiger partial charge in [0, 0.05) is 17.9 Å². The molecule has 1 atom stereocenters. The Hall–Kier alpha value is -0.760. The van der Waals surface area contributed by atoms with Crippen LogP contribution in [-0.4, -0.2) is 11.5 Å². The molecular formula is C10H16N2. The lowest BCUT2D eigenvalue weighted by atomic mass is 10.0. The third-order valence-electron chi connectivity index (χ3n) is 2.54. The van der Waals surface area contributed by atoms with Gasteiger partial charge in [0.25, 0.3) is 0 Å². The summed E-state index contributed by atoms with van der Waals surface area (Å²) < 4.78 is 0. The minimum Gasteiger partial charge on any atom is -0.363 e. The van der Waals surface area contributed by atoms with E-state index >= 15 is 0 Å². The minimum absolute atomic E-state index is 0.576. The standard InChI is InChI=1S/C10H16N2/c1-8-6-10(12-7-8)9-4-2-3-5-11-9/h6-7,9,11-12H,2-5H2,1H3/t9-/m0/s1. The van der Waals surface area contributed by atoms with Gasteiger partial charge < -0.3 is 10.3 Å². The van der Waals surface area contributed by atoms with Crippen molar-refractivity contribution < 1.29 is 0 Å². The van der Waals surface area contributed by atoms with Crippen LogP contribution in [0.3, 0.4) is 0 Å². The SMILES string of the molecule is Cc1c[nH]c([C@@H]2CCCCN2)c1. The second kappa shape index (κ2) is 3.31. The Morgan fingerprint density at radius 3 is 2.92 bits per heavy atom. The van der Waals surface area contributed by atoms with Crippen molar-refractivity contribution in [3.05, 3.63) is 23.5 Å². The molecule has 0 amide bonds. The average Bonchev–Trinajstić information content (AvgIpc) is 2.54. The van der Waals surface area contributed by atoms with Crippen molar-refractivity contribution in [2.45, 2.75) is 32.2 Å². The molecule has 12 heavy (non-hydrogen) atoms. The number of hydrogen-bond acceptors (Lipinski definition) is 1. The maximum absolute atomic E-state index is 3.52. The average molecular weight is 164 g/mol. The first-order valence-corrected chi connectivity index (χ1v) is 4.74. The zero-order valence-electron chi connectivity index (χ0n) is 7.56. The van der Waals surface area contributed by atoms with E-state index in [0.29, 0.717) is 6.04 Å². The molecule has 1 saturated heterocycles. The number of piperidine rings is 1. The van der Waals surface area contributed by atoms with Crippen molar-refractivity contribution in [1.82, 2.24) is 10.3 Å². The van der Waals surface area contributed by atoms with Crippen molar-refractivity contribution in [3.8, 4) is 0 Å². The van der Waals surface area contributed by atoms with Crippen LogP contribution in [0.1, 0.15) is 36.6 Å². The van der Waals surface area contributed by atoms with Crippen molar-refractivity contribution in [3.63, 3.8) is 0 Å². The lowest BCUT2D eigenvalue weighted by Gasteiger charge is -2.22. The maximum atomic E-state index is 3.52. The molecular weight excluding hydrogens is 148 g/mol. The number of aromatic nitrogens is 1. The smallest absolute Gasteiger partial charge is 0.0472 e. The molecule has 2 heteroatoms. The highest BCUT2D eigenvalue weighted by atomic mass is 14.9. The van der Waals surface area contributed by atoms with Gasteiger partial charge in [0.2, 0.25) is 0 Å². The van der Waals surface area contributed by atoms with Crippen LogP contribution < -0.4 is 5.32 Å².